The Kier molecular flexibility index (Phi) is 5.82. The van der Waals surface area contributed by atoms with Crippen LogP contribution in [0, 0.1) is 0 Å². The van der Waals surface area contributed by atoms with Gasteiger partial charge in [0.25, 0.3) is 0 Å². The second-order valence-electron chi connectivity index (χ2n) is 5.82. The highest BCUT2D eigenvalue weighted by molar-refractivity contribution is 7.95. The standard InChI is InChI=1S/C21H18N2OP.ClH/c1-4-10-18(11-5-1)25(16-21-22-17-24-23-21,19-12-6-2-7-13-19)20-14-8-3-9-15-20;/h1-15,17H,16H2;1H/q+1;/p-1. The van der Waals surface area contributed by atoms with Crippen molar-refractivity contribution in [2.75, 3.05) is 0 Å². The highest BCUT2D eigenvalue weighted by Gasteiger charge is 2.46. The highest BCUT2D eigenvalue weighted by atomic mass is 35.5. The van der Waals surface area contributed by atoms with Gasteiger partial charge < -0.3 is 16.9 Å². The molecule has 0 bridgehead atoms. The summed E-state index contributed by atoms with van der Waals surface area (Å²) < 4.78 is 5.02. The zero-order valence-electron chi connectivity index (χ0n) is 14.1. The summed E-state index contributed by atoms with van der Waals surface area (Å²) in [6.45, 7) is 0. The summed E-state index contributed by atoms with van der Waals surface area (Å²) in [5.74, 6) is 0.741. The van der Waals surface area contributed by atoms with E-state index in [1.54, 1.807) is 0 Å². The SMILES string of the molecule is [Cl-].c1ccc([P+](Cc2ncon2)(c2ccccc2)c2ccccc2)cc1. The van der Waals surface area contributed by atoms with Gasteiger partial charge in [-0.25, -0.2) is 0 Å². The van der Waals surface area contributed by atoms with Gasteiger partial charge in [-0.1, -0.05) is 59.8 Å². The number of halogens is 1. The van der Waals surface area contributed by atoms with Crippen molar-refractivity contribution in [2.24, 2.45) is 0 Å². The van der Waals surface area contributed by atoms with Crippen LogP contribution in [0.5, 0.6) is 0 Å². The highest BCUT2D eigenvalue weighted by Crippen LogP contribution is 2.57. The van der Waals surface area contributed by atoms with Crippen LogP contribution in [0.1, 0.15) is 5.82 Å². The molecule has 0 aliphatic carbocycles. The van der Waals surface area contributed by atoms with Crippen molar-refractivity contribution in [1.82, 2.24) is 10.1 Å². The van der Waals surface area contributed by atoms with Gasteiger partial charge in [-0.05, 0) is 36.4 Å². The van der Waals surface area contributed by atoms with Gasteiger partial charge in [0.15, 0.2) is 0 Å². The monoisotopic (exact) mass is 380 g/mol. The summed E-state index contributed by atoms with van der Waals surface area (Å²) in [6.07, 6.45) is 2.15. The molecule has 3 nitrogen and oxygen atoms in total. The van der Waals surface area contributed by atoms with Crippen LogP contribution in [-0.4, -0.2) is 10.1 Å². The van der Waals surface area contributed by atoms with Crippen LogP contribution in [-0.2, 0) is 6.16 Å². The zero-order chi connectivity index (χ0) is 17.0. The first-order chi connectivity index (χ1) is 12.4. The smallest absolute Gasteiger partial charge is 0.213 e. The van der Waals surface area contributed by atoms with E-state index in [-0.39, 0.29) is 12.4 Å². The molecule has 130 valence electrons. The van der Waals surface area contributed by atoms with E-state index in [9.17, 15) is 0 Å². The number of rotatable bonds is 5. The molecule has 0 fully saturated rings. The molecule has 0 N–H and O–H groups in total. The Morgan fingerprint density at radius 1 is 0.654 bits per heavy atom. The summed E-state index contributed by atoms with van der Waals surface area (Å²) >= 11 is 0. The molecule has 1 aromatic heterocycles. The van der Waals surface area contributed by atoms with Crippen molar-refractivity contribution in [3.05, 3.63) is 103 Å². The maximum atomic E-state index is 5.02. The minimum atomic E-state index is -1.93. The van der Waals surface area contributed by atoms with E-state index < -0.39 is 7.26 Å². The Morgan fingerprint density at radius 3 is 1.42 bits per heavy atom. The van der Waals surface area contributed by atoms with Crippen LogP contribution >= 0.6 is 7.26 Å². The molecule has 0 aliphatic heterocycles. The van der Waals surface area contributed by atoms with Crippen molar-refractivity contribution < 1.29 is 16.9 Å². The molecule has 4 rings (SSSR count). The number of nitrogens with zero attached hydrogens (tertiary/aromatic N) is 2. The maximum absolute atomic E-state index is 5.02. The van der Waals surface area contributed by atoms with E-state index in [2.05, 4.69) is 101 Å². The summed E-state index contributed by atoms with van der Waals surface area (Å²) in [6, 6.07) is 32.1. The number of hydrogen-bond donors (Lipinski definition) is 0. The van der Waals surface area contributed by atoms with Crippen LogP contribution in [0.15, 0.2) is 102 Å². The first-order valence-corrected chi connectivity index (χ1v) is 10.2. The Hall–Kier alpha value is -2.48. The molecule has 0 saturated carbocycles. The van der Waals surface area contributed by atoms with Crippen LogP contribution < -0.4 is 28.3 Å². The Bertz CT molecular complexity index is 820. The molecule has 4 aromatic rings. The number of hydrogen-bond acceptors (Lipinski definition) is 3. The van der Waals surface area contributed by atoms with Crippen LogP contribution in [0.2, 0.25) is 0 Å². The molecule has 0 amide bonds. The van der Waals surface area contributed by atoms with Crippen molar-refractivity contribution in [3.8, 4) is 0 Å². The predicted molar refractivity (Wildman–Crippen MR) is 103 cm³/mol. The van der Waals surface area contributed by atoms with E-state index >= 15 is 0 Å². The minimum absolute atomic E-state index is 0. The van der Waals surface area contributed by atoms with Gasteiger partial charge in [0.05, 0.1) is 0 Å². The van der Waals surface area contributed by atoms with Crippen molar-refractivity contribution in [3.63, 3.8) is 0 Å². The predicted octanol–water partition coefficient (Wildman–Crippen LogP) is 0.568. The topological polar surface area (TPSA) is 38.9 Å². The fraction of sp³-hybridized carbons (Fsp3) is 0.0476. The Labute approximate surface area is 159 Å². The molecule has 0 radical (unpaired) electrons. The Balaban J connectivity index is 0.00000196. The third kappa shape index (κ3) is 3.41. The molecule has 0 saturated heterocycles. The van der Waals surface area contributed by atoms with Crippen molar-refractivity contribution in [1.29, 1.82) is 0 Å². The van der Waals surface area contributed by atoms with Gasteiger partial charge in [0.2, 0.25) is 12.2 Å². The molecule has 0 aliphatic rings. The molecule has 3 aromatic carbocycles. The first-order valence-electron chi connectivity index (χ1n) is 8.20. The van der Waals surface area contributed by atoms with Gasteiger partial charge in [0, 0.05) is 0 Å². The fourth-order valence-corrected chi connectivity index (χ4v) is 7.29. The lowest BCUT2D eigenvalue weighted by Crippen LogP contribution is -3.00. The van der Waals surface area contributed by atoms with Gasteiger partial charge in [0.1, 0.15) is 29.3 Å². The largest absolute Gasteiger partial charge is 1.00 e. The van der Waals surface area contributed by atoms with E-state index in [1.807, 2.05) is 0 Å². The lowest BCUT2D eigenvalue weighted by atomic mass is 10.4. The van der Waals surface area contributed by atoms with E-state index in [1.165, 1.54) is 22.3 Å². The zero-order valence-corrected chi connectivity index (χ0v) is 15.7. The number of benzene rings is 3. The molecule has 0 unspecified atom stereocenters. The summed E-state index contributed by atoms with van der Waals surface area (Å²) in [5, 5.41) is 8.07. The summed E-state index contributed by atoms with van der Waals surface area (Å²) in [5.41, 5.74) is 0. The van der Waals surface area contributed by atoms with E-state index in [0.717, 1.165) is 12.0 Å². The maximum Gasteiger partial charge on any atom is 0.213 e. The van der Waals surface area contributed by atoms with Crippen LogP contribution in [0.25, 0.3) is 0 Å². The Morgan fingerprint density at radius 2 is 1.08 bits per heavy atom. The van der Waals surface area contributed by atoms with E-state index in [4.69, 9.17) is 4.52 Å². The van der Waals surface area contributed by atoms with Crippen LogP contribution in [0.4, 0.5) is 0 Å². The molecular formula is C21H18ClN2OP. The average Bonchev–Trinajstić information content (AvgIpc) is 3.21. The fourth-order valence-electron chi connectivity index (χ4n) is 3.24. The molecule has 5 heteroatoms. The van der Waals surface area contributed by atoms with E-state index in [0.29, 0.717) is 0 Å². The first kappa shape index (κ1) is 18.3. The normalized spacial score (nSPS) is 10.9. The number of aromatic nitrogens is 2. The quantitative estimate of drug-likeness (QED) is 0.475. The van der Waals surface area contributed by atoms with Crippen molar-refractivity contribution in [2.45, 2.75) is 6.16 Å². The van der Waals surface area contributed by atoms with Gasteiger partial charge in [-0.2, -0.15) is 4.98 Å². The molecule has 0 atom stereocenters. The van der Waals surface area contributed by atoms with Crippen LogP contribution in [0.3, 0.4) is 0 Å². The lowest BCUT2D eigenvalue weighted by Gasteiger charge is -2.26. The van der Waals surface area contributed by atoms with Gasteiger partial charge >= 0.3 is 0 Å². The molecule has 1 heterocycles. The second-order valence-corrected chi connectivity index (χ2v) is 9.31. The molecular weight excluding hydrogens is 363 g/mol. The third-order valence-corrected chi connectivity index (χ3v) is 8.67. The summed E-state index contributed by atoms with van der Waals surface area (Å²) in [4.78, 5) is 4.33. The lowest BCUT2D eigenvalue weighted by molar-refractivity contribution is -0.00000535. The van der Waals surface area contributed by atoms with Crippen molar-refractivity contribution >= 4 is 23.2 Å². The average molecular weight is 381 g/mol. The molecule has 26 heavy (non-hydrogen) atoms. The third-order valence-electron chi connectivity index (χ3n) is 4.38. The van der Waals surface area contributed by atoms with Gasteiger partial charge in [-0.15, -0.1) is 0 Å². The minimum Gasteiger partial charge on any atom is -1.00 e. The second kappa shape index (κ2) is 8.27. The molecule has 0 spiro atoms. The van der Waals surface area contributed by atoms with Gasteiger partial charge in [-0.3, -0.25) is 0 Å². The summed E-state index contributed by atoms with van der Waals surface area (Å²) in [7, 11) is -1.93.